The molecule has 0 fully saturated rings. The van der Waals surface area contributed by atoms with Gasteiger partial charge >= 0.3 is 11.9 Å². The fraction of sp³-hybridized carbons (Fsp3) is 0.600. The number of ether oxygens (including phenoxy) is 2. The van der Waals surface area contributed by atoms with E-state index < -0.39 is 29.9 Å². The molecule has 22 heavy (non-hydrogen) atoms. The van der Waals surface area contributed by atoms with Gasteiger partial charge in [0.25, 0.3) is 0 Å². The van der Waals surface area contributed by atoms with E-state index in [2.05, 4.69) is 4.74 Å². The number of hydrogen-bond acceptors (Lipinski definition) is 7. The molecular formula is C15H23NO6. The van der Waals surface area contributed by atoms with E-state index in [4.69, 9.17) is 10.5 Å². The Labute approximate surface area is 129 Å². The summed E-state index contributed by atoms with van der Waals surface area (Å²) in [7, 11) is 1.18. The molecule has 0 aromatic heterocycles. The molecule has 0 bridgehead atoms. The molecule has 0 rings (SSSR count). The van der Waals surface area contributed by atoms with Crippen LogP contribution in [0.5, 0.6) is 0 Å². The lowest BCUT2D eigenvalue weighted by Crippen LogP contribution is -2.34. The minimum atomic E-state index is -1.02. The molecule has 0 heterocycles. The standard InChI is InChI=1S/C15H23NO6/c1-9(2)15(20)11(16)5-7-14(19)22-10(3)12(17)6-8-13(18)21-4/h6,8-11H,5,7,16H2,1-4H3/b8-6+. The predicted octanol–water partition coefficient (Wildman–Crippen LogP) is 0.549. The molecule has 0 aliphatic rings. The zero-order valence-electron chi connectivity index (χ0n) is 13.3. The van der Waals surface area contributed by atoms with Crippen LogP contribution >= 0.6 is 0 Å². The molecule has 0 aromatic carbocycles. The van der Waals surface area contributed by atoms with E-state index in [0.717, 1.165) is 12.2 Å². The second-order valence-electron chi connectivity index (χ2n) is 5.09. The molecule has 2 unspecified atom stereocenters. The van der Waals surface area contributed by atoms with Crippen LogP contribution in [0.25, 0.3) is 0 Å². The van der Waals surface area contributed by atoms with Crippen molar-refractivity contribution in [2.45, 2.75) is 45.8 Å². The zero-order chi connectivity index (χ0) is 17.3. The second kappa shape index (κ2) is 9.83. The first-order valence-electron chi connectivity index (χ1n) is 6.97. The summed E-state index contributed by atoms with van der Waals surface area (Å²) in [5, 5.41) is 0. The summed E-state index contributed by atoms with van der Waals surface area (Å²) in [6.07, 6.45) is 1.01. The van der Waals surface area contributed by atoms with Gasteiger partial charge in [-0.1, -0.05) is 13.8 Å². The lowest BCUT2D eigenvalue weighted by Gasteiger charge is -2.14. The third-order valence-electron chi connectivity index (χ3n) is 2.89. The Morgan fingerprint density at radius 1 is 1.09 bits per heavy atom. The van der Waals surface area contributed by atoms with Crippen molar-refractivity contribution < 1.29 is 28.7 Å². The summed E-state index contributed by atoms with van der Waals surface area (Å²) in [4.78, 5) is 45.6. The first kappa shape index (κ1) is 20.0. The van der Waals surface area contributed by atoms with Crippen LogP contribution in [0.1, 0.15) is 33.6 Å². The molecule has 0 spiro atoms. The van der Waals surface area contributed by atoms with E-state index in [1.54, 1.807) is 13.8 Å². The van der Waals surface area contributed by atoms with Crippen molar-refractivity contribution in [2.24, 2.45) is 11.7 Å². The molecule has 0 amide bonds. The van der Waals surface area contributed by atoms with Crippen LogP contribution in [0.3, 0.4) is 0 Å². The molecular weight excluding hydrogens is 290 g/mol. The summed E-state index contributed by atoms with van der Waals surface area (Å²) < 4.78 is 9.25. The van der Waals surface area contributed by atoms with E-state index in [1.165, 1.54) is 14.0 Å². The number of carbonyl (C=O) groups is 4. The van der Waals surface area contributed by atoms with Crippen LogP contribution in [-0.4, -0.2) is 42.8 Å². The second-order valence-corrected chi connectivity index (χ2v) is 5.09. The highest BCUT2D eigenvalue weighted by atomic mass is 16.5. The van der Waals surface area contributed by atoms with Crippen LogP contribution < -0.4 is 5.73 Å². The Bertz CT molecular complexity index is 455. The van der Waals surface area contributed by atoms with Gasteiger partial charge in [-0.2, -0.15) is 0 Å². The van der Waals surface area contributed by atoms with E-state index in [9.17, 15) is 19.2 Å². The first-order chi connectivity index (χ1) is 10.2. The normalized spacial score (nSPS) is 13.7. The Kier molecular flexibility index (Phi) is 8.93. The van der Waals surface area contributed by atoms with Gasteiger partial charge in [0.05, 0.1) is 13.2 Å². The zero-order valence-corrected chi connectivity index (χ0v) is 13.3. The Morgan fingerprint density at radius 3 is 2.18 bits per heavy atom. The van der Waals surface area contributed by atoms with E-state index >= 15 is 0 Å². The van der Waals surface area contributed by atoms with Gasteiger partial charge < -0.3 is 15.2 Å². The van der Waals surface area contributed by atoms with E-state index in [-0.39, 0.29) is 24.5 Å². The molecule has 7 nitrogen and oxygen atoms in total. The van der Waals surface area contributed by atoms with Crippen LogP contribution in [0.2, 0.25) is 0 Å². The molecule has 0 saturated heterocycles. The average Bonchev–Trinajstić information content (AvgIpc) is 2.48. The van der Waals surface area contributed by atoms with Gasteiger partial charge in [0.2, 0.25) is 0 Å². The van der Waals surface area contributed by atoms with Crippen LogP contribution in [0.15, 0.2) is 12.2 Å². The summed E-state index contributed by atoms with van der Waals surface area (Å²) >= 11 is 0. The number of ketones is 2. The highest BCUT2D eigenvalue weighted by Crippen LogP contribution is 2.06. The minimum absolute atomic E-state index is 0.0576. The van der Waals surface area contributed by atoms with Crippen LogP contribution in [-0.2, 0) is 28.7 Å². The topological polar surface area (TPSA) is 113 Å². The highest BCUT2D eigenvalue weighted by Gasteiger charge is 2.20. The number of esters is 2. The third kappa shape index (κ3) is 7.68. The first-order valence-corrected chi connectivity index (χ1v) is 6.97. The van der Waals surface area contributed by atoms with Crippen molar-refractivity contribution in [3.63, 3.8) is 0 Å². The Morgan fingerprint density at radius 2 is 1.68 bits per heavy atom. The Hall–Kier alpha value is -2.02. The third-order valence-corrected chi connectivity index (χ3v) is 2.89. The molecule has 0 aliphatic heterocycles. The largest absolute Gasteiger partial charge is 0.466 e. The maximum Gasteiger partial charge on any atom is 0.330 e. The number of Topliss-reactive ketones (excluding diaryl/α,β-unsaturated/α-hetero) is 1. The van der Waals surface area contributed by atoms with Gasteiger partial charge in [-0.15, -0.1) is 0 Å². The van der Waals surface area contributed by atoms with Crippen molar-refractivity contribution in [3.8, 4) is 0 Å². The van der Waals surface area contributed by atoms with Crippen LogP contribution in [0.4, 0.5) is 0 Å². The molecule has 0 aliphatic carbocycles. The molecule has 7 heteroatoms. The summed E-state index contributed by atoms with van der Waals surface area (Å²) in [5.41, 5.74) is 5.67. The summed E-state index contributed by atoms with van der Waals surface area (Å²) in [6.45, 7) is 4.85. The monoisotopic (exact) mass is 313 g/mol. The lowest BCUT2D eigenvalue weighted by molar-refractivity contribution is -0.152. The maximum atomic E-state index is 11.6. The fourth-order valence-corrected chi connectivity index (χ4v) is 1.51. The summed E-state index contributed by atoms with van der Waals surface area (Å²) in [6, 6.07) is -0.724. The van der Waals surface area contributed by atoms with Crippen molar-refractivity contribution in [1.82, 2.24) is 0 Å². The van der Waals surface area contributed by atoms with Crippen LogP contribution in [0, 0.1) is 5.92 Å². The number of carbonyl (C=O) groups excluding carboxylic acids is 4. The van der Waals surface area contributed by atoms with E-state index in [1.807, 2.05) is 0 Å². The molecule has 0 radical (unpaired) electrons. The van der Waals surface area contributed by atoms with Crippen molar-refractivity contribution in [1.29, 1.82) is 0 Å². The fourth-order valence-electron chi connectivity index (χ4n) is 1.51. The molecule has 2 atom stereocenters. The quantitative estimate of drug-likeness (QED) is 0.488. The Balaban J connectivity index is 4.26. The smallest absolute Gasteiger partial charge is 0.330 e. The van der Waals surface area contributed by atoms with Gasteiger partial charge in [0.15, 0.2) is 17.7 Å². The highest BCUT2D eigenvalue weighted by molar-refractivity contribution is 5.99. The molecule has 0 aromatic rings. The van der Waals surface area contributed by atoms with Gasteiger partial charge in [-0.25, -0.2) is 4.79 Å². The van der Waals surface area contributed by atoms with Crippen molar-refractivity contribution in [2.75, 3.05) is 7.11 Å². The summed E-state index contributed by atoms with van der Waals surface area (Å²) in [5.74, 6) is -2.17. The lowest BCUT2D eigenvalue weighted by atomic mass is 9.99. The van der Waals surface area contributed by atoms with Gasteiger partial charge in [-0.3, -0.25) is 14.4 Å². The number of nitrogens with two attached hydrogens (primary N) is 1. The molecule has 124 valence electrons. The predicted molar refractivity (Wildman–Crippen MR) is 78.8 cm³/mol. The van der Waals surface area contributed by atoms with Crippen molar-refractivity contribution >= 4 is 23.5 Å². The maximum absolute atomic E-state index is 11.6. The number of rotatable bonds is 9. The number of hydrogen-bond donors (Lipinski definition) is 1. The molecule has 0 saturated carbocycles. The van der Waals surface area contributed by atoms with E-state index in [0.29, 0.717) is 0 Å². The van der Waals surface area contributed by atoms with Gasteiger partial charge in [0.1, 0.15) is 0 Å². The SMILES string of the molecule is COC(=O)/C=C/C(=O)C(C)OC(=O)CCC(N)C(=O)C(C)C. The minimum Gasteiger partial charge on any atom is -0.466 e. The van der Waals surface area contributed by atoms with Gasteiger partial charge in [-0.05, 0) is 19.4 Å². The van der Waals surface area contributed by atoms with Gasteiger partial charge in [0, 0.05) is 18.4 Å². The number of methoxy groups -OCH3 is 1. The molecule has 2 N–H and O–H groups in total. The van der Waals surface area contributed by atoms with Crippen molar-refractivity contribution in [3.05, 3.63) is 12.2 Å². The average molecular weight is 313 g/mol.